The molecule has 13 heavy (non-hydrogen) atoms. The summed E-state index contributed by atoms with van der Waals surface area (Å²) in [6.45, 7) is 0. The molecule has 0 aliphatic rings. The lowest BCUT2D eigenvalue weighted by Crippen LogP contribution is -2.04. The zero-order valence-electron chi connectivity index (χ0n) is 6.31. The minimum Gasteiger partial charge on any atom is -0.476 e. The van der Waals surface area contributed by atoms with Gasteiger partial charge in [0.25, 0.3) is 0 Å². The van der Waals surface area contributed by atoms with Crippen LogP contribution in [0.3, 0.4) is 0 Å². The molecule has 66 valence electrons. The number of carbonyl (C=O) groups is 1. The summed E-state index contributed by atoms with van der Waals surface area (Å²) in [6.07, 6.45) is 1.41. The topological polar surface area (TPSA) is 67.5 Å². The van der Waals surface area contributed by atoms with Crippen LogP contribution < -0.4 is 0 Å². The Morgan fingerprint density at radius 1 is 1.54 bits per heavy atom. The van der Waals surface area contributed by atoms with Crippen LogP contribution in [-0.2, 0) is 0 Å². The number of halogens is 1. The lowest BCUT2D eigenvalue weighted by Gasteiger charge is -1.95. The number of aromatic nitrogens is 3. The molecule has 0 aromatic carbocycles. The third kappa shape index (κ3) is 1.23. The maximum atomic E-state index is 10.5. The monoisotopic (exact) mass is 197 g/mol. The standard InChI is InChI=1S/C7H4ClN3O2/c8-5-3-9-6-2-1-4(7(12)13)10-11(5)6/h1-3H,(H,12,13). The van der Waals surface area contributed by atoms with Crippen molar-refractivity contribution in [2.75, 3.05) is 0 Å². The van der Waals surface area contributed by atoms with Crippen molar-refractivity contribution >= 4 is 23.2 Å². The number of hydrogen-bond donors (Lipinski definition) is 1. The van der Waals surface area contributed by atoms with Gasteiger partial charge in [-0.1, -0.05) is 11.6 Å². The molecule has 0 fully saturated rings. The van der Waals surface area contributed by atoms with Gasteiger partial charge in [0.2, 0.25) is 0 Å². The Balaban J connectivity index is 2.72. The van der Waals surface area contributed by atoms with E-state index in [9.17, 15) is 4.79 Å². The predicted octanol–water partition coefficient (Wildman–Crippen LogP) is 1.08. The number of carboxylic acid groups (broad SMARTS) is 1. The fourth-order valence-electron chi connectivity index (χ4n) is 0.959. The van der Waals surface area contributed by atoms with Crippen LogP contribution in [0.1, 0.15) is 10.5 Å². The van der Waals surface area contributed by atoms with Crippen molar-refractivity contribution in [1.29, 1.82) is 0 Å². The number of aromatic carboxylic acids is 1. The molecule has 5 nitrogen and oxygen atoms in total. The van der Waals surface area contributed by atoms with Crippen LogP contribution in [0.2, 0.25) is 5.15 Å². The van der Waals surface area contributed by atoms with Crippen LogP contribution in [-0.4, -0.2) is 25.7 Å². The van der Waals surface area contributed by atoms with Gasteiger partial charge in [0.1, 0.15) is 0 Å². The highest BCUT2D eigenvalue weighted by Crippen LogP contribution is 2.10. The molecule has 0 atom stereocenters. The van der Waals surface area contributed by atoms with Crippen molar-refractivity contribution < 1.29 is 9.90 Å². The van der Waals surface area contributed by atoms with Gasteiger partial charge in [-0.2, -0.15) is 5.10 Å². The Kier molecular flexibility index (Phi) is 1.66. The van der Waals surface area contributed by atoms with E-state index in [1.165, 1.54) is 16.8 Å². The van der Waals surface area contributed by atoms with Gasteiger partial charge in [0.15, 0.2) is 16.5 Å². The van der Waals surface area contributed by atoms with Gasteiger partial charge in [0, 0.05) is 0 Å². The Hall–Kier alpha value is -1.62. The van der Waals surface area contributed by atoms with E-state index in [4.69, 9.17) is 16.7 Å². The van der Waals surface area contributed by atoms with Crippen molar-refractivity contribution in [1.82, 2.24) is 14.6 Å². The van der Waals surface area contributed by atoms with Crippen LogP contribution >= 0.6 is 11.6 Å². The van der Waals surface area contributed by atoms with E-state index < -0.39 is 5.97 Å². The SMILES string of the molecule is O=C(O)c1ccc2ncc(Cl)n2n1. The number of nitrogens with zero attached hydrogens (tertiary/aromatic N) is 3. The Labute approximate surface area is 77.6 Å². The molecule has 2 aromatic rings. The molecule has 0 saturated carbocycles. The molecule has 1 N–H and O–H groups in total. The van der Waals surface area contributed by atoms with Gasteiger partial charge in [-0.25, -0.2) is 14.3 Å². The average molecular weight is 198 g/mol. The van der Waals surface area contributed by atoms with Gasteiger partial charge < -0.3 is 5.11 Å². The fraction of sp³-hybridized carbons (Fsp3) is 0. The largest absolute Gasteiger partial charge is 0.476 e. The molecule has 0 spiro atoms. The zero-order valence-corrected chi connectivity index (χ0v) is 7.06. The summed E-state index contributed by atoms with van der Waals surface area (Å²) < 4.78 is 1.27. The second kappa shape index (κ2) is 2.70. The number of rotatable bonds is 1. The normalized spacial score (nSPS) is 10.5. The van der Waals surface area contributed by atoms with Crippen LogP contribution in [0.5, 0.6) is 0 Å². The first-order valence-corrected chi connectivity index (χ1v) is 3.80. The molecule has 2 rings (SSSR count). The summed E-state index contributed by atoms with van der Waals surface area (Å²) in [5.74, 6) is -1.09. The minimum atomic E-state index is -1.09. The van der Waals surface area contributed by atoms with Crippen LogP contribution in [0.25, 0.3) is 5.65 Å². The highest BCUT2D eigenvalue weighted by atomic mass is 35.5. The van der Waals surface area contributed by atoms with E-state index in [1.54, 1.807) is 6.07 Å². The molecular weight excluding hydrogens is 194 g/mol. The Morgan fingerprint density at radius 3 is 3.00 bits per heavy atom. The maximum absolute atomic E-state index is 10.5. The molecule has 0 saturated heterocycles. The van der Waals surface area contributed by atoms with Gasteiger partial charge in [0.05, 0.1) is 6.20 Å². The smallest absolute Gasteiger partial charge is 0.356 e. The number of imidazole rings is 1. The van der Waals surface area contributed by atoms with E-state index in [-0.39, 0.29) is 10.8 Å². The van der Waals surface area contributed by atoms with E-state index in [0.717, 1.165) is 0 Å². The Bertz CT molecular complexity index is 480. The first kappa shape index (κ1) is 8.00. The predicted molar refractivity (Wildman–Crippen MR) is 45.0 cm³/mol. The second-order valence-corrected chi connectivity index (χ2v) is 2.76. The molecule has 0 amide bonds. The molecule has 2 heterocycles. The maximum Gasteiger partial charge on any atom is 0.356 e. The summed E-state index contributed by atoms with van der Waals surface area (Å²) in [5.41, 5.74) is 0.461. The third-order valence-electron chi connectivity index (χ3n) is 1.54. The fourth-order valence-corrected chi connectivity index (χ4v) is 1.13. The summed E-state index contributed by atoms with van der Waals surface area (Å²) in [7, 11) is 0. The molecule has 0 aliphatic heterocycles. The van der Waals surface area contributed by atoms with E-state index >= 15 is 0 Å². The van der Waals surface area contributed by atoms with E-state index in [1.807, 2.05) is 0 Å². The first-order valence-electron chi connectivity index (χ1n) is 3.42. The van der Waals surface area contributed by atoms with Gasteiger partial charge in [-0.3, -0.25) is 0 Å². The van der Waals surface area contributed by atoms with Crippen LogP contribution in [0.15, 0.2) is 18.3 Å². The third-order valence-corrected chi connectivity index (χ3v) is 1.80. The number of fused-ring (bicyclic) bond motifs is 1. The van der Waals surface area contributed by atoms with Gasteiger partial charge in [-0.05, 0) is 12.1 Å². The zero-order chi connectivity index (χ0) is 9.42. The highest BCUT2D eigenvalue weighted by Gasteiger charge is 2.07. The Morgan fingerprint density at radius 2 is 2.31 bits per heavy atom. The first-order chi connectivity index (χ1) is 6.18. The molecule has 0 aliphatic carbocycles. The van der Waals surface area contributed by atoms with Crippen molar-refractivity contribution in [2.45, 2.75) is 0 Å². The summed E-state index contributed by atoms with van der Waals surface area (Å²) >= 11 is 5.69. The van der Waals surface area contributed by atoms with Crippen molar-refractivity contribution in [2.24, 2.45) is 0 Å². The van der Waals surface area contributed by atoms with Gasteiger partial charge >= 0.3 is 5.97 Å². The van der Waals surface area contributed by atoms with Crippen LogP contribution in [0, 0.1) is 0 Å². The van der Waals surface area contributed by atoms with Crippen molar-refractivity contribution in [3.8, 4) is 0 Å². The quantitative estimate of drug-likeness (QED) is 0.743. The summed E-state index contributed by atoms with van der Waals surface area (Å²) in [5, 5.41) is 12.7. The summed E-state index contributed by atoms with van der Waals surface area (Å²) in [4.78, 5) is 14.4. The van der Waals surface area contributed by atoms with Crippen molar-refractivity contribution in [3.05, 3.63) is 29.2 Å². The second-order valence-electron chi connectivity index (χ2n) is 2.37. The minimum absolute atomic E-state index is 0.0626. The average Bonchev–Trinajstić information content (AvgIpc) is 2.47. The number of hydrogen-bond acceptors (Lipinski definition) is 3. The number of carboxylic acids is 1. The molecule has 0 radical (unpaired) electrons. The summed E-state index contributed by atoms with van der Waals surface area (Å²) in [6, 6.07) is 2.92. The van der Waals surface area contributed by atoms with Crippen LogP contribution in [0.4, 0.5) is 0 Å². The molecule has 0 unspecified atom stereocenters. The lowest BCUT2D eigenvalue weighted by atomic mass is 10.4. The lowest BCUT2D eigenvalue weighted by molar-refractivity contribution is 0.0689. The molecule has 0 bridgehead atoms. The molecular formula is C7H4ClN3O2. The van der Waals surface area contributed by atoms with E-state index in [2.05, 4.69) is 10.1 Å². The van der Waals surface area contributed by atoms with Gasteiger partial charge in [-0.15, -0.1) is 0 Å². The highest BCUT2D eigenvalue weighted by molar-refractivity contribution is 6.29. The van der Waals surface area contributed by atoms with E-state index in [0.29, 0.717) is 5.65 Å². The molecule has 6 heteroatoms. The van der Waals surface area contributed by atoms with Crippen molar-refractivity contribution in [3.63, 3.8) is 0 Å². The molecule has 2 aromatic heterocycles.